The second kappa shape index (κ2) is 5.93. The van der Waals surface area contributed by atoms with Crippen molar-refractivity contribution in [1.82, 2.24) is 4.90 Å². The first kappa shape index (κ1) is 14.6. The molecule has 1 aliphatic carbocycles. The van der Waals surface area contributed by atoms with E-state index < -0.39 is 0 Å². The molecule has 4 rings (SSSR count). The predicted molar refractivity (Wildman–Crippen MR) is 95.7 cm³/mol. The Morgan fingerprint density at radius 1 is 1.00 bits per heavy atom. The van der Waals surface area contributed by atoms with Gasteiger partial charge in [-0.15, -0.1) is 0 Å². The summed E-state index contributed by atoms with van der Waals surface area (Å²) >= 11 is 0. The molecule has 1 atom stereocenters. The molecule has 0 bridgehead atoms. The van der Waals surface area contributed by atoms with E-state index in [1.54, 1.807) is 0 Å². The fraction of sp³-hybridized carbons (Fsp3) is 0.381. The summed E-state index contributed by atoms with van der Waals surface area (Å²) in [4.78, 5) is 7.70. The highest BCUT2D eigenvalue weighted by Gasteiger charge is 2.52. The Hall–Kier alpha value is -1.93. The Kier molecular flexibility index (Phi) is 3.78. The molecular weight excluding hydrogens is 280 g/mol. The normalized spacial score (nSPS) is 22.6. The fourth-order valence-electron chi connectivity index (χ4n) is 3.72. The lowest BCUT2D eigenvalue weighted by atomic mass is 10.0. The van der Waals surface area contributed by atoms with Crippen LogP contribution in [-0.2, 0) is 6.54 Å². The zero-order chi connectivity index (χ0) is 15.7. The standard InChI is InChI=1S/C21H24N2/c1-17(19-10-6-3-7-11-19)22-20-15-23(16-21(20)12-13-21)14-18-8-4-2-5-9-18/h2-11,17H,12-16H2,1H3/t17-/m1/s1. The van der Waals surface area contributed by atoms with Crippen LogP contribution in [0.15, 0.2) is 65.7 Å². The van der Waals surface area contributed by atoms with E-state index >= 15 is 0 Å². The van der Waals surface area contributed by atoms with Crippen molar-refractivity contribution < 1.29 is 0 Å². The van der Waals surface area contributed by atoms with Crippen molar-refractivity contribution >= 4 is 5.71 Å². The smallest absolute Gasteiger partial charge is 0.0721 e. The Labute approximate surface area is 138 Å². The maximum atomic E-state index is 5.13. The summed E-state index contributed by atoms with van der Waals surface area (Å²) in [6.07, 6.45) is 2.64. The molecule has 1 saturated carbocycles. The Morgan fingerprint density at radius 3 is 2.30 bits per heavy atom. The van der Waals surface area contributed by atoms with Gasteiger partial charge in [0.25, 0.3) is 0 Å². The minimum atomic E-state index is 0.264. The highest BCUT2D eigenvalue weighted by Crippen LogP contribution is 2.51. The third-order valence-corrected chi connectivity index (χ3v) is 5.25. The molecule has 2 aromatic carbocycles. The average molecular weight is 304 g/mol. The van der Waals surface area contributed by atoms with Crippen molar-refractivity contribution in [3.05, 3.63) is 71.8 Å². The molecule has 0 amide bonds. The molecule has 1 spiro atoms. The van der Waals surface area contributed by atoms with Crippen molar-refractivity contribution in [3.8, 4) is 0 Å². The van der Waals surface area contributed by atoms with Crippen molar-refractivity contribution in [2.75, 3.05) is 13.1 Å². The van der Waals surface area contributed by atoms with Crippen LogP contribution in [0.4, 0.5) is 0 Å². The van der Waals surface area contributed by atoms with Crippen molar-refractivity contribution in [2.45, 2.75) is 32.4 Å². The molecule has 0 radical (unpaired) electrons. The highest BCUT2D eigenvalue weighted by atomic mass is 15.2. The monoisotopic (exact) mass is 304 g/mol. The predicted octanol–water partition coefficient (Wildman–Crippen LogP) is 4.48. The van der Waals surface area contributed by atoms with Crippen LogP contribution in [0.5, 0.6) is 0 Å². The summed E-state index contributed by atoms with van der Waals surface area (Å²) < 4.78 is 0. The van der Waals surface area contributed by atoms with Crippen molar-refractivity contribution in [3.63, 3.8) is 0 Å². The number of aliphatic imine (C=N–C) groups is 1. The van der Waals surface area contributed by atoms with Crippen LogP contribution in [0, 0.1) is 5.41 Å². The molecule has 2 heteroatoms. The largest absolute Gasteiger partial charge is 0.293 e. The van der Waals surface area contributed by atoms with Gasteiger partial charge in [-0.1, -0.05) is 60.7 Å². The summed E-state index contributed by atoms with van der Waals surface area (Å²) in [5.74, 6) is 0. The van der Waals surface area contributed by atoms with Crippen LogP contribution >= 0.6 is 0 Å². The molecule has 1 aliphatic heterocycles. The third kappa shape index (κ3) is 3.09. The number of rotatable bonds is 4. The van der Waals surface area contributed by atoms with E-state index in [-0.39, 0.29) is 6.04 Å². The lowest BCUT2D eigenvalue weighted by Crippen LogP contribution is -2.20. The van der Waals surface area contributed by atoms with Gasteiger partial charge in [-0.25, -0.2) is 0 Å². The number of likely N-dealkylation sites (tertiary alicyclic amines) is 1. The van der Waals surface area contributed by atoms with E-state index in [4.69, 9.17) is 4.99 Å². The van der Waals surface area contributed by atoms with Gasteiger partial charge >= 0.3 is 0 Å². The average Bonchev–Trinajstić information content (AvgIpc) is 3.28. The molecule has 1 saturated heterocycles. The molecule has 0 unspecified atom stereocenters. The Balaban J connectivity index is 1.50. The molecule has 2 aliphatic rings. The first-order valence-corrected chi connectivity index (χ1v) is 8.64. The molecule has 2 fully saturated rings. The molecule has 0 N–H and O–H groups in total. The molecule has 0 aromatic heterocycles. The second-order valence-corrected chi connectivity index (χ2v) is 7.07. The van der Waals surface area contributed by atoms with Gasteiger partial charge in [0, 0.05) is 30.8 Å². The zero-order valence-electron chi connectivity index (χ0n) is 13.8. The van der Waals surface area contributed by atoms with Crippen LogP contribution < -0.4 is 0 Å². The van der Waals surface area contributed by atoms with Crippen molar-refractivity contribution in [1.29, 1.82) is 0 Å². The highest BCUT2D eigenvalue weighted by molar-refractivity contribution is 5.96. The van der Waals surface area contributed by atoms with Gasteiger partial charge in [-0.05, 0) is 30.9 Å². The van der Waals surface area contributed by atoms with E-state index in [1.807, 2.05) is 0 Å². The van der Waals surface area contributed by atoms with E-state index in [0.717, 1.165) is 13.1 Å². The van der Waals surface area contributed by atoms with Gasteiger partial charge in [-0.3, -0.25) is 9.89 Å². The summed E-state index contributed by atoms with van der Waals surface area (Å²) in [5.41, 5.74) is 4.56. The first-order valence-electron chi connectivity index (χ1n) is 8.64. The zero-order valence-corrected chi connectivity index (χ0v) is 13.8. The quantitative estimate of drug-likeness (QED) is 0.813. The molecular formula is C21H24N2. The number of hydrogen-bond acceptors (Lipinski definition) is 2. The number of hydrogen-bond donors (Lipinski definition) is 0. The van der Waals surface area contributed by atoms with Crippen LogP contribution in [0.3, 0.4) is 0 Å². The fourth-order valence-corrected chi connectivity index (χ4v) is 3.72. The maximum absolute atomic E-state index is 5.13. The SMILES string of the molecule is C[C@@H](N=C1CN(Cc2ccccc2)CC12CC2)c1ccccc1. The second-order valence-electron chi connectivity index (χ2n) is 7.07. The van der Waals surface area contributed by atoms with Gasteiger partial charge in [0.2, 0.25) is 0 Å². The minimum Gasteiger partial charge on any atom is -0.293 e. The van der Waals surface area contributed by atoms with Gasteiger partial charge in [0.1, 0.15) is 0 Å². The summed E-state index contributed by atoms with van der Waals surface area (Å²) in [6.45, 7) is 5.48. The Bertz CT molecular complexity index is 686. The van der Waals surface area contributed by atoms with Crippen LogP contribution in [0.1, 0.15) is 36.9 Å². The number of benzene rings is 2. The Morgan fingerprint density at radius 2 is 1.65 bits per heavy atom. The summed E-state index contributed by atoms with van der Waals surface area (Å²) in [5, 5.41) is 0. The lowest BCUT2D eigenvalue weighted by molar-refractivity contribution is 0.313. The third-order valence-electron chi connectivity index (χ3n) is 5.25. The molecule has 1 heterocycles. The lowest BCUT2D eigenvalue weighted by Gasteiger charge is -2.14. The topological polar surface area (TPSA) is 15.6 Å². The molecule has 2 nitrogen and oxygen atoms in total. The molecule has 23 heavy (non-hydrogen) atoms. The minimum absolute atomic E-state index is 0.264. The van der Waals surface area contributed by atoms with Crippen LogP contribution in [0.25, 0.3) is 0 Å². The maximum Gasteiger partial charge on any atom is 0.0721 e. The first-order chi connectivity index (χ1) is 11.3. The van der Waals surface area contributed by atoms with E-state index in [0.29, 0.717) is 5.41 Å². The van der Waals surface area contributed by atoms with E-state index in [9.17, 15) is 0 Å². The number of nitrogens with zero attached hydrogens (tertiary/aromatic N) is 2. The van der Waals surface area contributed by atoms with Gasteiger partial charge in [0.05, 0.1) is 6.04 Å². The molecule has 2 aromatic rings. The van der Waals surface area contributed by atoms with Crippen LogP contribution in [-0.4, -0.2) is 23.7 Å². The van der Waals surface area contributed by atoms with Crippen molar-refractivity contribution in [2.24, 2.45) is 10.4 Å². The van der Waals surface area contributed by atoms with Gasteiger partial charge in [-0.2, -0.15) is 0 Å². The summed E-state index contributed by atoms with van der Waals surface area (Å²) in [6, 6.07) is 21.7. The van der Waals surface area contributed by atoms with Gasteiger partial charge in [0.15, 0.2) is 0 Å². The molecule has 118 valence electrons. The van der Waals surface area contributed by atoms with E-state index in [1.165, 1.54) is 36.2 Å². The van der Waals surface area contributed by atoms with Gasteiger partial charge < -0.3 is 0 Å². The summed E-state index contributed by atoms with van der Waals surface area (Å²) in [7, 11) is 0. The van der Waals surface area contributed by atoms with E-state index in [2.05, 4.69) is 72.5 Å². The van der Waals surface area contributed by atoms with Crippen LogP contribution in [0.2, 0.25) is 0 Å².